The molecular weight excluding hydrogens is 376 g/mol. The van der Waals surface area contributed by atoms with E-state index in [9.17, 15) is 15.3 Å². The molecule has 0 aliphatic carbocycles. The molecule has 0 aliphatic rings. The quantitative estimate of drug-likeness (QED) is 0.438. The van der Waals surface area contributed by atoms with Gasteiger partial charge in [0, 0.05) is 0 Å². The van der Waals surface area contributed by atoms with Crippen LogP contribution in [0.1, 0.15) is 75.1 Å². The highest BCUT2D eigenvalue weighted by Gasteiger charge is 2.20. The zero-order valence-corrected chi connectivity index (χ0v) is 18.5. The minimum atomic E-state index is -0.570. The van der Waals surface area contributed by atoms with Gasteiger partial charge < -0.3 is 20.1 Å². The topological polar surface area (TPSA) is 69.9 Å². The van der Waals surface area contributed by atoms with Gasteiger partial charge in [0.05, 0.1) is 18.8 Å². The van der Waals surface area contributed by atoms with Gasteiger partial charge in [0.2, 0.25) is 0 Å². The summed E-state index contributed by atoms with van der Waals surface area (Å²) in [5, 5.41) is 29.3. The molecule has 0 saturated heterocycles. The summed E-state index contributed by atoms with van der Waals surface area (Å²) in [7, 11) is 0. The van der Waals surface area contributed by atoms with Gasteiger partial charge in [0.15, 0.2) is 0 Å². The monoisotopic (exact) mass is 412 g/mol. The van der Waals surface area contributed by atoms with E-state index in [4.69, 9.17) is 4.74 Å². The third-order valence-electron chi connectivity index (χ3n) is 5.92. The molecule has 2 aromatic rings. The molecule has 3 N–H and O–H groups in total. The number of hydrogen-bond donors (Lipinski definition) is 3. The first kappa shape index (κ1) is 24.1. The number of ether oxygens (including phenoxy) is 1. The number of benzene rings is 2. The highest BCUT2D eigenvalue weighted by molar-refractivity contribution is 5.66. The van der Waals surface area contributed by atoms with Crippen molar-refractivity contribution >= 4 is 5.57 Å². The Morgan fingerprint density at radius 2 is 1.70 bits per heavy atom. The SMILES string of the molecule is CCC(=CCCC(O)(CC)CC)c1cccc(OCc2ccc(CO)c(CO)c2)c1. The molecule has 4 nitrogen and oxygen atoms in total. The van der Waals surface area contributed by atoms with Crippen LogP contribution in [0.5, 0.6) is 5.75 Å². The zero-order chi connectivity index (χ0) is 22.0. The molecule has 164 valence electrons. The van der Waals surface area contributed by atoms with Crippen molar-refractivity contribution in [2.75, 3.05) is 0 Å². The lowest BCUT2D eigenvalue weighted by Gasteiger charge is -2.24. The van der Waals surface area contributed by atoms with Crippen LogP contribution < -0.4 is 4.74 Å². The number of allylic oxidation sites excluding steroid dienone is 2. The number of rotatable bonds is 12. The Hall–Kier alpha value is -2.14. The van der Waals surface area contributed by atoms with Crippen molar-refractivity contribution in [2.24, 2.45) is 0 Å². The molecule has 2 aromatic carbocycles. The summed E-state index contributed by atoms with van der Waals surface area (Å²) >= 11 is 0. The van der Waals surface area contributed by atoms with Gasteiger partial charge in [-0.15, -0.1) is 0 Å². The molecule has 2 rings (SSSR count). The largest absolute Gasteiger partial charge is 0.489 e. The maximum Gasteiger partial charge on any atom is 0.120 e. The van der Waals surface area contributed by atoms with Crippen molar-refractivity contribution in [3.63, 3.8) is 0 Å². The summed E-state index contributed by atoms with van der Waals surface area (Å²) in [6.45, 7) is 6.43. The van der Waals surface area contributed by atoms with Crippen LogP contribution in [0.4, 0.5) is 0 Å². The Balaban J connectivity index is 2.06. The van der Waals surface area contributed by atoms with Crippen LogP contribution in [0.3, 0.4) is 0 Å². The smallest absolute Gasteiger partial charge is 0.120 e. The molecule has 0 amide bonds. The van der Waals surface area contributed by atoms with Crippen molar-refractivity contribution < 1.29 is 20.1 Å². The van der Waals surface area contributed by atoms with E-state index >= 15 is 0 Å². The molecule has 0 saturated carbocycles. The molecular formula is C26H36O4. The maximum atomic E-state index is 10.5. The zero-order valence-electron chi connectivity index (χ0n) is 18.5. The van der Waals surface area contributed by atoms with E-state index in [0.717, 1.165) is 60.1 Å². The first-order chi connectivity index (χ1) is 14.5. The standard InChI is InChI=1S/C26H36O4/c1-4-21(10-8-14-26(29,5-2)6-3)22-9-7-11-25(16-22)30-19-20-12-13-23(17-27)24(15-20)18-28/h7,9-13,15-16,27-29H,4-6,8,14,17-19H2,1-3H3. The van der Waals surface area contributed by atoms with E-state index in [-0.39, 0.29) is 13.2 Å². The summed E-state index contributed by atoms with van der Waals surface area (Å²) in [5.41, 5.74) is 4.23. The highest BCUT2D eigenvalue weighted by atomic mass is 16.5. The third-order valence-corrected chi connectivity index (χ3v) is 5.92. The number of aliphatic hydroxyl groups excluding tert-OH is 2. The van der Waals surface area contributed by atoms with Crippen LogP contribution >= 0.6 is 0 Å². The van der Waals surface area contributed by atoms with Crippen molar-refractivity contribution in [1.29, 1.82) is 0 Å². The fourth-order valence-electron chi connectivity index (χ4n) is 3.61. The minimum Gasteiger partial charge on any atom is -0.489 e. The summed E-state index contributed by atoms with van der Waals surface area (Å²) in [6.07, 6.45) is 6.34. The van der Waals surface area contributed by atoms with Gasteiger partial charge in [-0.1, -0.05) is 51.1 Å². The molecule has 0 aliphatic heterocycles. The predicted octanol–water partition coefficient (Wildman–Crippen LogP) is 5.37. The van der Waals surface area contributed by atoms with Crippen LogP contribution in [0, 0.1) is 0 Å². The molecule has 0 heterocycles. The fraction of sp³-hybridized carbons (Fsp3) is 0.462. The lowest BCUT2D eigenvalue weighted by molar-refractivity contribution is 0.0246. The van der Waals surface area contributed by atoms with E-state index in [1.807, 2.05) is 44.2 Å². The van der Waals surface area contributed by atoms with Gasteiger partial charge in [-0.2, -0.15) is 0 Å². The molecule has 0 aromatic heterocycles. The Kier molecular flexibility index (Phi) is 9.57. The normalized spacial score (nSPS) is 12.3. The fourth-order valence-corrected chi connectivity index (χ4v) is 3.61. The molecule has 30 heavy (non-hydrogen) atoms. The summed E-state index contributed by atoms with van der Waals surface area (Å²) < 4.78 is 5.98. The van der Waals surface area contributed by atoms with Crippen LogP contribution in [-0.4, -0.2) is 20.9 Å². The van der Waals surface area contributed by atoms with E-state index in [1.165, 1.54) is 5.57 Å². The van der Waals surface area contributed by atoms with E-state index in [2.05, 4.69) is 25.1 Å². The molecule has 0 atom stereocenters. The second-order valence-electron chi connectivity index (χ2n) is 7.79. The van der Waals surface area contributed by atoms with Crippen molar-refractivity contribution in [3.05, 3.63) is 70.8 Å². The molecule has 0 bridgehead atoms. The van der Waals surface area contributed by atoms with Crippen molar-refractivity contribution in [2.45, 2.75) is 78.3 Å². The number of hydrogen-bond acceptors (Lipinski definition) is 4. The first-order valence-corrected chi connectivity index (χ1v) is 11.0. The summed E-state index contributed by atoms with van der Waals surface area (Å²) in [5.74, 6) is 0.794. The molecule has 0 radical (unpaired) electrons. The van der Waals surface area contributed by atoms with Crippen molar-refractivity contribution in [1.82, 2.24) is 0 Å². The molecule has 0 spiro atoms. The lowest BCUT2D eigenvalue weighted by atomic mass is 9.90. The van der Waals surface area contributed by atoms with Gasteiger partial charge in [-0.3, -0.25) is 0 Å². The second-order valence-corrected chi connectivity index (χ2v) is 7.79. The van der Waals surface area contributed by atoms with Gasteiger partial charge in [-0.05, 0) is 78.1 Å². The predicted molar refractivity (Wildman–Crippen MR) is 122 cm³/mol. The van der Waals surface area contributed by atoms with Crippen LogP contribution in [0.2, 0.25) is 0 Å². The van der Waals surface area contributed by atoms with E-state index < -0.39 is 5.60 Å². The molecule has 0 fully saturated rings. The maximum absolute atomic E-state index is 10.5. The van der Waals surface area contributed by atoms with Crippen LogP contribution in [0.15, 0.2) is 48.5 Å². The molecule has 4 heteroatoms. The van der Waals surface area contributed by atoms with Gasteiger partial charge in [0.1, 0.15) is 12.4 Å². The van der Waals surface area contributed by atoms with Crippen molar-refractivity contribution in [3.8, 4) is 5.75 Å². The summed E-state index contributed by atoms with van der Waals surface area (Å²) in [6, 6.07) is 13.7. The van der Waals surface area contributed by atoms with Gasteiger partial charge >= 0.3 is 0 Å². The Labute approximate surface area is 180 Å². The van der Waals surface area contributed by atoms with Gasteiger partial charge in [0.25, 0.3) is 0 Å². The van der Waals surface area contributed by atoms with E-state index in [0.29, 0.717) is 6.61 Å². The minimum absolute atomic E-state index is 0.0842. The average Bonchev–Trinajstić information content (AvgIpc) is 2.80. The number of aliphatic hydroxyl groups is 3. The first-order valence-electron chi connectivity index (χ1n) is 11.0. The third kappa shape index (κ3) is 6.69. The summed E-state index contributed by atoms with van der Waals surface area (Å²) in [4.78, 5) is 0. The second kappa shape index (κ2) is 11.9. The highest BCUT2D eigenvalue weighted by Crippen LogP contribution is 2.27. The average molecular weight is 413 g/mol. The molecule has 0 unspecified atom stereocenters. The van der Waals surface area contributed by atoms with Crippen LogP contribution in [-0.2, 0) is 19.8 Å². The Morgan fingerprint density at radius 3 is 2.33 bits per heavy atom. The Morgan fingerprint density at radius 1 is 0.967 bits per heavy atom. The lowest BCUT2D eigenvalue weighted by Crippen LogP contribution is -2.25. The van der Waals surface area contributed by atoms with Gasteiger partial charge in [-0.25, -0.2) is 0 Å². The van der Waals surface area contributed by atoms with E-state index in [1.54, 1.807) is 0 Å². The van der Waals surface area contributed by atoms with Crippen LogP contribution in [0.25, 0.3) is 5.57 Å². The Bertz CT molecular complexity index is 822.